The minimum Gasteiger partial charge on any atom is -0.491 e. The van der Waals surface area contributed by atoms with Crippen molar-refractivity contribution in [3.05, 3.63) is 94.1 Å². The number of halogens is 1. The van der Waals surface area contributed by atoms with Gasteiger partial charge in [-0.1, -0.05) is 26.0 Å². The SMILES string of the molecule is Cc1ccc([C@@]2(NC(=O)c3ccc(C(=O)O)c(C(C)C)c3)CCOc3cccnc32)cc1F. The molecular weight excluding hydrogens is 423 g/mol. The molecule has 3 aromatic rings. The Labute approximate surface area is 191 Å². The lowest BCUT2D eigenvalue weighted by atomic mass is 9.80. The summed E-state index contributed by atoms with van der Waals surface area (Å²) in [5.41, 5.74) is 1.50. The van der Waals surface area contributed by atoms with Crippen LogP contribution >= 0.6 is 0 Å². The third-order valence-corrected chi connectivity index (χ3v) is 6.07. The summed E-state index contributed by atoms with van der Waals surface area (Å²) in [6, 6.07) is 12.9. The van der Waals surface area contributed by atoms with Crippen LogP contribution in [0.3, 0.4) is 0 Å². The van der Waals surface area contributed by atoms with Crippen molar-refractivity contribution in [3.63, 3.8) is 0 Å². The van der Waals surface area contributed by atoms with Gasteiger partial charge in [-0.25, -0.2) is 9.18 Å². The molecule has 6 nitrogen and oxygen atoms in total. The van der Waals surface area contributed by atoms with Crippen molar-refractivity contribution >= 4 is 11.9 Å². The zero-order chi connectivity index (χ0) is 23.8. The predicted molar refractivity (Wildman–Crippen MR) is 121 cm³/mol. The number of carboxylic acid groups (broad SMARTS) is 1. The average molecular weight is 448 g/mol. The van der Waals surface area contributed by atoms with E-state index in [4.69, 9.17) is 4.74 Å². The molecule has 0 saturated heterocycles. The first-order chi connectivity index (χ1) is 15.7. The maximum Gasteiger partial charge on any atom is 0.335 e. The van der Waals surface area contributed by atoms with Crippen molar-refractivity contribution < 1.29 is 23.8 Å². The number of hydrogen-bond acceptors (Lipinski definition) is 4. The highest BCUT2D eigenvalue weighted by molar-refractivity contribution is 5.97. The van der Waals surface area contributed by atoms with Crippen molar-refractivity contribution in [3.8, 4) is 5.75 Å². The lowest BCUT2D eigenvalue weighted by Crippen LogP contribution is -2.50. The van der Waals surface area contributed by atoms with E-state index in [0.29, 0.717) is 46.7 Å². The second-order valence-electron chi connectivity index (χ2n) is 8.53. The highest BCUT2D eigenvalue weighted by Crippen LogP contribution is 2.41. The molecule has 7 heteroatoms. The second-order valence-corrected chi connectivity index (χ2v) is 8.53. The number of rotatable bonds is 5. The number of ether oxygens (including phenoxy) is 1. The average Bonchev–Trinajstić information content (AvgIpc) is 2.80. The van der Waals surface area contributed by atoms with Crippen LogP contribution in [0.1, 0.15) is 69.3 Å². The number of carboxylic acids is 1. The van der Waals surface area contributed by atoms with Gasteiger partial charge in [-0.3, -0.25) is 9.78 Å². The van der Waals surface area contributed by atoms with Gasteiger partial charge in [-0.05, 0) is 65.9 Å². The van der Waals surface area contributed by atoms with Crippen LogP contribution in [0.4, 0.5) is 4.39 Å². The van der Waals surface area contributed by atoms with E-state index in [1.807, 2.05) is 13.8 Å². The third-order valence-electron chi connectivity index (χ3n) is 6.07. The number of fused-ring (bicyclic) bond motifs is 1. The maximum atomic E-state index is 14.6. The number of nitrogens with zero attached hydrogens (tertiary/aromatic N) is 1. The number of carbonyl (C=O) groups is 2. The molecule has 1 aliphatic heterocycles. The maximum absolute atomic E-state index is 14.6. The van der Waals surface area contributed by atoms with Crippen molar-refractivity contribution in [2.45, 2.75) is 38.6 Å². The fourth-order valence-electron chi connectivity index (χ4n) is 4.24. The van der Waals surface area contributed by atoms with Gasteiger partial charge in [-0.2, -0.15) is 0 Å². The van der Waals surface area contributed by atoms with Gasteiger partial charge in [0.15, 0.2) is 0 Å². The third kappa shape index (κ3) is 4.06. The summed E-state index contributed by atoms with van der Waals surface area (Å²) in [5, 5.41) is 12.6. The molecule has 2 heterocycles. The van der Waals surface area contributed by atoms with Gasteiger partial charge in [0.1, 0.15) is 22.8 Å². The number of hydrogen-bond donors (Lipinski definition) is 2. The Morgan fingerprint density at radius 1 is 1.18 bits per heavy atom. The van der Waals surface area contributed by atoms with Crippen LogP contribution in [0.25, 0.3) is 0 Å². The van der Waals surface area contributed by atoms with E-state index < -0.39 is 17.4 Å². The zero-order valence-electron chi connectivity index (χ0n) is 18.7. The molecule has 0 fully saturated rings. The first-order valence-corrected chi connectivity index (χ1v) is 10.8. The molecule has 1 atom stereocenters. The lowest BCUT2D eigenvalue weighted by molar-refractivity contribution is 0.0694. The van der Waals surface area contributed by atoms with Crippen molar-refractivity contribution in [1.29, 1.82) is 0 Å². The number of aryl methyl sites for hydroxylation is 1. The monoisotopic (exact) mass is 448 g/mol. The molecule has 1 amide bonds. The quantitative estimate of drug-likeness (QED) is 0.585. The number of benzene rings is 2. The van der Waals surface area contributed by atoms with Crippen LogP contribution < -0.4 is 10.1 Å². The largest absolute Gasteiger partial charge is 0.491 e. The molecule has 33 heavy (non-hydrogen) atoms. The van der Waals surface area contributed by atoms with Gasteiger partial charge >= 0.3 is 5.97 Å². The second kappa shape index (κ2) is 8.65. The number of nitrogens with one attached hydrogen (secondary N) is 1. The Morgan fingerprint density at radius 2 is 1.97 bits per heavy atom. The Balaban J connectivity index is 1.83. The van der Waals surface area contributed by atoms with Crippen LogP contribution in [-0.2, 0) is 5.54 Å². The Hall–Kier alpha value is -3.74. The molecule has 2 aromatic carbocycles. The number of aromatic carboxylic acids is 1. The predicted octanol–water partition coefficient (Wildman–Crippen LogP) is 4.81. The summed E-state index contributed by atoms with van der Waals surface area (Å²) in [7, 11) is 0. The summed E-state index contributed by atoms with van der Waals surface area (Å²) in [6.07, 6.45) is 1.97. The molecule has 1 aromatic heterocycles. The molecule has 2 N–H and O–H groups in total. The van der Waals surface area contributed by atoms with Gasteiger partial charge < -0.3 is 15.2 Å². The molecule has 0 aliphatic carbocycles. The molecular formula is C26H25FN2O4. The van der Waals surface area contributed by atoms with Crippen LogP contribution in [-0.4, -0.2) is 28.6 Å². The van der Waals surface area contributed by atoms with Crippen molar-refractivity contribution in [1.82, 2.24) is 10.3 Å². The highest BCUT2D eigenvalue weighted by atomic mass is 19.1. The first kappa shape index (κ1) is 22.5. The van der Waals surface area contributed by atoms with Crippen molar-refractivity contribution in [2.75, 3.05) is 6.61 Å². The fourth-order valence-corrected chi connectivity index (χ4v) is 4.24. The molecule has 4 rings (SSSR count). The van der Waals surface area contributed by atoms with Gasteiger partial charge in [0, 0.05) is 18.2 Å². The summed E-state index contributed by atoms with van der Waals surface area (Å²) >= 11 is 0. The van der Waals surface area contributed by atoms with Crippen LogP contribution in [0.2, 0.25) is 0 Å². The minimum absolute atomic E-state index is 0.0884. The summed E-state index contributed by atoms with van der Waals surface area (Å²) in [4.78, 5) is 29.6. The molecule has 0 unspecified atom stereocenters. The molecule has 0 bridgehead atoms. The topological polar surface area (TPSA) is 88.5 Å². The first-order valence-electron chi connectivity index (χ1n) is 10.8. The summed E-state index contributed by atoms with van der Waals surface area (Å²) in [6.45, 7) is 5.74. The van der Waals surface area contributed by atoms with Gasteiger partial charge in [0.05, 0.1) is 12.2 Å². The normalized spacial score (nSPS) is 17.2. The Bertz CT molecular complexity index is 1240. The number of pyridine rings is 1. The molecule has 1 aliphatic rings. The van der Waals surface area contributed by atoms with Crippen LogP contribution in [0, 0.1) is 12.7 Å². The van der Waals surface area contributed by atoms with E-state index in [9.17, 15) is 19.1 Å². The molecule has 0 saturated carbocycles. The molecule has 170 valence electrons. The Kier molecular flexibility index (Phi) is 5.89. The van der Waals surface area contributed by atoms with E-state index in [2.05, 4.69) is 10.3 Å². The summed E-state index contributed by atoms with van der Waals surface area (Å²) < 4.78 is 20.3. The van der Waals surface area contributed by atoms with Gasteiger partial charge in [0.2, 0.25) is 0 Å². The van der Waals surface area contributed by atoms with Crippen LogP contribution in [0.5, 0.6) is 5.75 Å². The van der Waals surface area contributed by atoms with E-state index in [1.54, 1.807) is 43.5 Å². The molecule has 0 radical (unpaired) electrons. The van der Waals surface area contributed by atoms with Crippen LogP contribution in [0.15, 0.2) is 54.7 Å². The lowest BCUT2D eigenvalue weighted by Gasteiger charge is -2.39. The zero-order valence-corrected chi connectivity index (χ0v) is 18.7. The van der Waals surface area contributed by atoms with E-state index in [-0.39, 0.29) is 17.3 Å². The van der Waals surface area contributed by atoms with E-state index in [0.717, 1.165) is 0 Å². The van der Waals surface area contributed by atoms with Crippen molar-refractivity contribution in [2.24, 2.45) is 0 Å². The highest BCUT2D eigenvalue weighted by Gasteiger charge is 2.43. The van der Waals surface area contributed by atoms with Gasteiger partial charge in [0.25, 0.3) is 5.91 Å². The number of amides is 1. The minimum atomic E-state index is -1.11. The van der Waals surface area contributed by atoms with E-state index >= 15 is 0 Å². The Morgan fingerprint density at radius 3 is 2.67 bits per heavy atom. The molecule has 0 spiro atoms. The smallest absolute Gasteiger partial charge is 0.335 e. The number of carbonyl (C=O) groups excluding carboxylic acids is 1. The van der Waals surface area contributed by atoms with E-state index in [1.165, 1.54) is 18.2 Å². The fraction of sp³-hybridized carbons (Fsp3) is 0.269. The standard InChI is InChI=1S/C26H25FN2O4/c1-15(2)20-13-17(7-9-19(20)25(31)32)24(30)29-26(18-8-6-16(3)21(27)14-18)10-12-33-22-5-4-11-28-23(22)26/h4-9,11,13-15H,10,12H2,1-3H3,(H,29,30)(H,31,32)/t26-/m0/s1. The van der Waals surface area contributed by atoms with Gasteiger partial charge in [-0.15, -0.1) is 0 Å². The summed E-state index contributed by atoms with van der Waals surface area (Å²) in [5.74, 6) is -1.39. The number of aromatic nitrogens is 1.